The highest BCUT2D eigenvalue weighted by Gasteiger charge is 2.27. The number of hydrogen-bond acceptors (Lipinski definition) is 4. The molecule has 6 heteroatoms. The van der Waals surface area contributed by atoms with Crippen LogP contribution in [-0.2, 0) is 4.79 Å². The Morgan fingerprint density at radius 1 is 1.23 bits per heavy atom. The van der Waals surface area contributed by atoms with Crippen LogP contribution < -0.4 is 15.2 Å². The lowest BCUT2D eigenvalue weighted by atomic mass is 10.0. The van der Waals surface area contributed by atoms with Crippen molar-refractivity contribution in [2.45, 2.75) is 33.2 Å². The van der Waals surface area contributed by atoms with Gasteiger partial charge in [0.25, 0.3) is 11.5 Å². The minimum atomic E-state index is -0.637. The third-order valence-corrected chi connectivity index (χ3v) is 4.59. The molecule has 1 amide bonds. The maximum atomic E-state index is 13.0. The lowest BCUT2D eigenvalue weighted by Gasteiger charge is -2.29. The first-order chi connectivity index (χ1) is 12.4. The molecule has 6 nitrogen and oxygen atoms in total. The Bertz CT molecular complexity index is 916. The smallest absolute Gasteiger partial charge is 0.265 e. The predicted octanol–water partition coefficient (Wildman–Crippen LogP) is 2.74. The fourth-order valence-electron chi connectivity index (χ4n) is 3.28. The quantitative estimate of drug-likeness (QED) is 0.774. The number of aryl methyl sites for hydroxylation is 1. The van der Waals surface area contributed by atoms with E-state index in [9.17, 15) is 14.4 Å². The number of amides is 1. The number of carbonyl (C=O) groups is 2. The number of nitrogens with zero attached hydrogens (tertiary/aromatic N) is 2. The van der Waals surface area contributed by atoms with Crippen molar-refractivity contribution in [3.05, 3.63) is 58.0 Å². The van der Waals surface area contributed by atoms with Crippen molar-refractivity contribution in [1.29, 1.82) is 0 Å². The molecule has 0 radical (unpaired) electrons. The summed E-state index contributed by atoms with van der Waals surface area (Å²) in [7, 11) is 0. The summed E-state index contributed by atoms with van der Waals surface area (Å²) in [4.78, 5) is 38.9. The molecule has 1 aliphatic rings. The van der Waals surface area contributed by atoms with Gasteiger partial charge < -0.3 is 14.2 Å². The highest BCUT2D eigenvalue weighted by atomic mass is 16.5. The zero-order valence-corrected chi connectivity index (χ0v) is 15.2. The Balaban J connectivity index is 1.99. The lowest BCUT2D eigenvalue weighted by Crippen LogP contribution is -2.39. The number of aromatic nitrogens is 1. The van der Waals surface area contributed by atoms with Crippen LogP contribution in [0.5, 0.6) is 5.75 Å². The number of fused-ring (bicyclic) bond motifs is 1. The van der Waals surface area contributed by atoms with Crippen LogP contribution in [0.1, 0.15) is 42.4 Å². The number of carbonyl (C=O) groups excluding carboxylic acids is 2. The number of ketones is 1. The summed E-state index contributed by atoms with van der Waals surface area (Å²) < 4.78 is 6.95. The number of hydrogen-bond donors (Lipinski definition) is 0. The van der Waals surface area contributed by atoms with E-state index < -0.39 is 6.04 Å². The van der Waals surface area contributed by atoms with Gasteiger partial charge in [-0.15, -0.1) is 0 Å². The van der Waals surface area contributed by atoms with Crippen molar-refractivity contribution in [2.75, 3.05) is 18.1 Å². The summed E-state index contributed by atoms with van der Waals surface area (Å²) in [6, 6.07) is 9.36. The second-order valence-corrected chi connectivity index (χ2v) is 6.43. The lowest BCUT2D eigenvalue weighted by molar-refractivity contribution is -0.121. The Labute approximate surface area is 152 Å². The van der Waals surface area contributed by atoms with E-state index >= 15 is 0 Å². The van der Waals surface area contributed by atoms with Gasteiger partial charge in [-0.05, 0) is 44.5 Å². The molecule has 2 heterocycles. The number of benzene rings is 1. The van der Waals surface area contributed by atoms with Crippen LogP contribution in [0, 0.1) is 6.92 Å². The molecular weight excluding hydrogens is 332 g/mol. The van der Waals surface area contributed by atoms with Gasteiger partial charge >= 0.3 is 0 Å². The molecule has 0 saturated carbocycles. The number of rotatable bonds is 5. The summed E-state index contributed by atoms with van der Waals surface area (Å²) in [5.41, 5.74) is 1.57. The number of Topliss-reactive ketones (excluding diaryl/α,β-unsaturated/α-hetero) is 1. The van der Waals surface area contributed by atoms with Gasteiger partial charge in [-0.1, -0.05) is 13.0 Å². The number of anilines is 1. The summed E-state index contributed by atoms with van der Waals surface area (Å²) in [5.74, 6) is 0.293. The van der Waals surface area contributed by atoms with Crippen LogP contribution in [-0.4, -0.2) is 29.4 Å². The van der Waals surface area contributed by atoms with E-state index in [1.54, 1.807) is 49.1 Å². The first kappa shape index (κ1) is 17.9. The van der Waals surface area contributed by atoms with Gasteiger partial charge in [0.1, 0.15) is 5.75 Å². The molecule has 2 aromatic rings. The van der Waals surface area contributed by atoms with Gasteiger partial charge in [0.2, 0.25) is 0 Å². The predicted molar refractivity (Wildman–Crippen MR) is 99.1 cm³/mol. The van der Waals surface area contributed by atoms with E-state index in [-0.39, 0.29) is 23.9 Å². The number of pyridine rings is 1. The van der Waals surface area contributed by atoms with Crippen LogP contribution in [0.25, 0.3) is 0 Å². The Kier molecular flexibility index (Phi) is 4.93. The van der Waals surface area contributed by atoms with E-state index in [0.29, 0.717) is 23.5 Å². The van der Waals surface area contributed by atoms with Gasteiger partial charge in [-0.25, -0.2) is 0 Å². The van der Waals surface area contributed by atoms with E-state index in [0.717, 1.165) is 12.1 Å². The average Bonchev–Trinajstić information content (AvgIpc) is 2.63. The minimum Gasteiger partial charge on any atom is -0.482 e. The summed E-state index contributed by atoms with van der Waals surface area (Å²) in [6.07, 6.45) is 0.804. The maximum Gasteiger partial charge on any atom is 0.265 e. The minimum absolute atomic E-state index is 0.00923. The third kappa shape index (κ3) is 3.14. The molecular formula is C20H22N2O4. The van der Waals surface area contributed by atoms with Crippen LogP contribution in [0.2, 0.25) is 0 Å². The average molecular weight is 354 g/mol. The summed E-state index contributed by atoms with van der Waals surface area (Å²) in [6.45, 7) is 6.08. The van der Waals surface area contributed by atoms with Crippen molar-refractivity contribution < 1.29 is 14.3 Å². The van der Waals surface area contributed by atoms with Crippen LogP contribution >= 0.6 is 0 Å². The topological polar surface area (TPSA) is 68.6 Å². The normalized spacial score (nSPS) is 14.6. The monoisotopic (exact) mass is 354 g/mol. The molecule has 0 N–H and O–H groups in total. The largest absolute Gasteiger partial charge is 0.482 e. The van der Waals surface area contributed by atoms with Gasteiger partial charge in [-0.2, -0.15) is 0 Å². The SMILES string of the molecule is CCCN1C(=O)COc2ccc(C(=O)C(C)n3c(C)cccc3=O)cc21. The van der Waals surface area contributed by atoms with Crippen LogP contribution in [0.4, 0.5) is 5.69 Å². The fourth-order valence-corrected chi connectivity index (χ4v) is 3.28. The molecule has 1 aromatic heterocycles. The highest BCUT2D eigenvalue weighted by Crippen LogP contribution is 2.34. The van der Waals surface area contributed by atoms with Gasteiger partial charge in [-0.3, -0.25) is 14.4 Å². The molecule has 26 heavy (non-hydrogen) atoms. The molecule has 136 valence electrons. The molecule has 0 bridgehead atoms. The van der Waals surface area contributed by atoms with E-state index in [1.807, 2.05) is 6.92 Å². The molecule has 1 unspecified atom stereocenters. The Morgan fingerprint density at radius 3 is 2.69 bits per heavy atom. The second-order valence-electron chi connectivity index (χ2n) is 6.43. The van der Waals surface area contributed by atoms with E-state index in [4.69, 9.17) is 4.74 Å². The van der Waals surface area contributed by atoms with Crippen molar-refractivity contribution in [1.82, 2.24) is 4.57 Å². The molecule has 3 rings (SSSR count). The molecule has 0 saturated heterocycles. The molecule has 1 aliphatic heterocycles. The van der Waals surface area contributed by atoms with Crippen molar-refractivity contribution in [2.24, 2.45) is 0 Å². The summed E-state index contributed by atoms with van der Waals surface area (Å²) >= 11 is 0. The standard InChI is InChI=1S/C20H22N2O4/c1-4-10-21-16-11-15(8-9-17(16)26-12-19(21)24)20(25)14(3)22-13(2)6-5-7-18(22)23/h5-9,11,14H,4,10,12H2,1-3H3. The van der Waals surface area contributed by atoms with Gasteiger partial charge in [0.05, 0.1) is 11.7 Å². The molecule has 1 aromatic carbocycles. The van der Waals surface area contributed by atoms with Crippen molar-refractivity contribution >= 4 is 17.4 Å². The second kappa shape index (κ2) is 7.15. The van der Waals surface area contributed by atoms with Crippen molar-refractivity contribution in [3.63, 3.8) is 0 Å². The third-order valence-electron chi connectivity index (χ3n) is 4.59. The Morgan fingerprint density at radius 2 is 2.00 bits per heavy atom. The molecule has 0 aliphatic carbocycles. The van der Waals surface area contributed by atoms with E-state index in [2.05, 4.69) is 0 Å². The number of ether oxygens (including phenoxy) is 1. The van der Waals surface area contributed by atoms with Gasteiger partial charge in [0, 0.05) is 23.9 Å². The zero-order chi connectivity index (χ0) is 18.8. The van der Waals surface area contributed by atoms with Crippen LogP contribution in [0.15, 0.2) is 41.2 Å². The van der Waals surface area contributed by atoms with Crippen LogP contribution in [0.3, 0.4) is 0 Å². The fraction of sp³-hybridized carbons (Fsp3) is 0.350. The highest BCUT2D eigenvalue weighted by molar-refractivity contribution is 6.03. The maximum absolute atomic E-state index is 13.0. The molecule has 0 fully saturated rings. The van der Waals surface area contributed by atoms with E-state index in [1.165, 1.54) is 10.6 Å². The zero-order valence-electron chi connectivity index (χ0n) is 15.2. The molecule has 1 atom stereocenters. The molecule has 0 spiro atoms. The first-order valence-electron chi connectivity index (χ1n) is 8.73. The van der Waals surface area contributed by atoms with Gasteiger partial charge in [0.15, 0.2) is 12.4 Å². The first-order valence-corrected chi connectivity index (χ1v) is 8.73. The summed E-state index contributed by atoms with van der Waals surface area (Å²) in [5, 5.41) is 0. The van der Waals surface area contributed by atoms with Crippen molar-refractivity contribution in [3.8, 4) is 5.75 Å². The Hall–Kier alpha value is -2.89.